The highest BCUT2D eigenvalue weighted by atomic mass is 16.2. The zero-order valence-electron chi connectivity index (χ0n) is 12.0. The molecule has 3 heteroatoms. The van der Waals surface area contributed by atoms with Gasteiger partial charge in [-0.1, -0.05) is 27.2 Å². The first-order chi connectivity index (χ1) is 7.87. The summed E-state index contributed by atoms with van der Waals surface area (Å²) >= 11 is 0. The first-order valence-electron chi connectivity index (χ1n) is 6.92. The summed E-state index contributed by atoms with van der Waals surface area (Å²) in [5, 5.41) is 3.54. The minimum atomic E-state index is 0.0489. The zero-order chi connectivity index (χ0) is 13.1. The summed E-state index contributed by atoms with van der Waals surface area (Å²) in [7, 11) is 0. The van der Waals surface area contributed by atoms with Crippen LogP contribution in [-0.2, 0) is 4.79 Å². The van der Waals surface area contributed by atoms with Gasteiger partial charge in [0.1, 0.15) is 0 Å². The molecular formula is C14H28N2O. The van der Waals surface area contributed by atoms with Gasteiger partial charge in [0.25, 0.3) is 0 Å². The molecule has 0 aliphatic carbocycles. The molecule has 1 rings (SSSR count). The van der Waals surface area contributed by atoms with Gasteiger partial charge in [-0.15, -0.1) is 0 Å². The Morgan fingerprint density at radius 2 is 2.12 bits per heavy atom. The second-order valence-corrected chi connectivity index (χ2v) is 6.20. The quantitative estimate of drug-likeness (QED) is 0.818. The SMILES string of the molecule is CCCCC(=O)N1CC(C)(C)NCC1C(C)C. The summed E-state index contributed by atoms with van der Waals surface area (Å²) in [6.45, 7) is 12.6. The van der Waals surface area contributed by atoms with Crippen molar-refractivity contribution < 1.29 is 4.79 Å². The zero-order valence-corrected chi connectivity index (χ0v) is 12.0. The molecule has 1 amide bonds. The molecule has 0 saturated carbocycles. The van der Waals surface area contributed by atoms with Gasteiger partial charge in [-0.3, -0.25) is 4.79 Å². The van der Waals surface area contributed by atoms with Crippen LogP contribution in [0.1, 0.15) is 53.9 Å². The molecule has 3 nitrogen and oxygen atoms in total. The highest BCUT2D eigenvalue weighted by Crippen LogP contribution is 2.21. The van der Waals surface area contributed by atoms with Gasteiger partial charge >= 0.3 is 0 Å². The molecule has 1 aliphatic rings. The number of carbonyl (C=O) groups is 1. The Morgan fingerprint density at radius 3 is 2.65 bits per heavy atom. The molecule has 1 unspecified atom stereocenters. The van der Waals surface area contributed by atoms with E-state index in [1.165, 1.54) is 0 Å². The van der Waals surface area contributed by atoms with Crippen LogP contribution in [-0.4, -0.2) is 35.5 Å². The molecule has 1 atom stereocenters. The summed E-state index contributed by atoms with van der Waals surface area (Å²) in [4.78, 5) is 14.4. The van der Waals surface area contributed by atoms with Crippen molar-refractivity contribution in [3.63, 3.8) is 0 Å². The Morgan fingerprint density at radius 1 is 1.47 bits per heavy atom. The summed E-state index contributed by atoms with van der Waals surface area (Å²) < 4.78 is 0. The van der Waals surface area contributed by atoms with E-state index < -0.39 is 0 Å². The molecule has 0 aromatic carbocycles. The van der Waals surface area contributed by atoms with E-state index in [1.807, 2.05) is 0 Å². The number of unbranched alkanes of at least 4 members (excludes halogenated alkanes) is 1. The van der Waals surface area contributed by atoms with Crippen molar-refractivity contribution in [1.82, 2.24) is 10.2 Å². The lowest BCUT2D eigenvalue weighted by Crippen LogP contribution is -2.64. The summed E-state index contributed by atoms with van der Waals surface area (Å²) in [6, 6.07) is 0.354. The fraction of sp³-hybridized carbons (Fsp3) is 0.929. The molecule has 0 radical (unpaired) electrons. The fourth-order valence-electron chi connectivity index (χ4n) is 2.43. The largest absolute Gasteiger partial charge is 0.336 e. The standard InChI is InChI=1S/C14H28N2O/c1-6-7-8-13(17)16-10-14(4,5)15-9-12(16)11(2)3/h11-12,15H,6-10H2,1-5H3. The molecule has 100 valence electrons. The molecule has 1 fully saturated rings. The van der Waals surface area contributed by atoms with Gasteiger partial charge in [0.15, 0.2) is 0 Å². The van der Waals surface area contributed by atoms with Gasteiger partial charge in [0, 0.05) is 31.1 Å². The van der Waals surface area contributed by atoms with Crippen molar-refractivity contribution in [3.8, 4) is 0 Å². The lowest BCUT2D eigenvalue weighted by atomic mass is 9.92. The smallest absolute Gasteiger partial charge is 0.222 e. The Kier molecular flexibility index (Phi) is 4.99. The molecule has 1 saturated heterocycles. The number of hydrogen-bond donors (Lipinski definition) is 1. The third kappa shape index (κ3) is 3.98. The van der Waals surface area contributed by atoms with E-state index in [4.69, 9.17) is 0 Å². The normalized spacial score (nSPS) is 24.1. The number of hydrogen-bond acceptors (Lipinski definition) is 2. The lowest BCUT2D eigenvalue weighted by molar-refractivity contribution is -0.137. The number of amides is 1. The van der Waals surface area contributed by atoms with Crippen molar-refractivity contribution in [1.29, 1.82) is 0 Å². The van der Waals surface area contributed by atoms with E-state index in [1.54, 1.807) is 0 Å². The molecule has 0 aromatic rings. The topological polar surface area (TPSA) is 32.3 Å². The molecule has 0 spiro atoms. The summed E-state index contributed by atoms with van der Waals surface area (Å²) in [5.74, 6) is 0.851. The number of rotatable bonds is 4. The van der Waals surface area contributed by atoms with Crippen molar-refractivity contribution >= 4 is 5.91 Å². The average Bonchev–Trinajstić information content (AvgIpc) is 2.24. The molecule has 1 N–H and O–H groups in total. The van der Waals surface area contributed by atoms with E-state index in [9.17, 15) is 4.79 Å². The number of nitrogens with one attached hydrogen (secondary N) is 1. The third-order valence-electron chi connectivity index (χ3n) is 3.59. The van der Waals surface area contributed by atoms with Gasteiger partial charge in [0.05, 0.1) is 0 Å². The Balaban J connectivity index is 2.70. The maximum Gasteiger partial charge on any atom is 0.222 e. The van der Waals surface area contributed by atoms with Crippen LogP contribution in [0.4, 0.5) is 0 Å². The van der Waals surface area contributed by atoms with Crippen LogP contribution in [0.25, 0.3) is 0 Å². The number of carbonyl (C=O) groups excluding carboxylic acids is 1. The molecule has 0 bridgehead atoms. The minimum Gasteiger partial charge on any atom is -0.336 e. The Labute approximate surface area is 106 Å². The summed E-state index contributed by atoms with van der Waals surface area (Å²) in [5.41, 5.74) is 0.0489. The van der Waals surface area contributed by atoms with Crippen LogP contribution < -0.4 is 5.32 Å². The molecule has 1 aliphatic heterocycles. The van der Waals surface area contributed by atoms with Crippen molar-refractivity contribution in [2.75, 3.05) is 13.1 Å². The first-order valence-corrected chi connectivity index (χ1v) is 6.92. The summed E-state index contributed by atoms with van der Waals surface area (Å²) in [6.07, 6.45) is 2.80. The number of piperazine rings is 1. The molecule has 1 heterocycles. The van der Waals surface area contributed by atoms with E-state index >= 15 is 0 Å². The van der Waals surface area contributed by atoms with Crippen molar-refractivity contribution in [2.45, 2.75) is 65.5 Å². The van der Waals surface area contributed by atoms with Crippen LogP contribution in [0.5, 0.6) is 0 Å². The second-order valence-electron chi connectivity index (χ2n) is 6.20. The van der Waals surface area contributed by atoms with Crippen molar-refractivity contribution in [2.24, 2.45) is 5.92 Å². The van der Waals surface area contributed by atoms with Crippen LogP contribution >= 0.6 is 0 Å². The van der Waals surface area contributed by atoms with Gasteiger partial charge in [-0.2, -0.15) is 0 Å². The maximum absolute atomic E-state index is 12.3. The minimum absolute atomic E-state index is 0.0489. The predicted octanol–water partition coefficient (Wildman–Crippen LogP) is 2.41. The lowest BCUT2D eigenvalue weighted by Gasteiger charge is -2.46. The van der Waals surface area contributed by atoms with Crippen molar-refractivity contribution in [3.05, 3.63) is 0 Å². The van der Waals surface area contributed by atoms with Crippen LogP contribution in [0.2, 0.25) is 0 Å². The molecule has 0 aromatic heterocycles. The van der Waals surface area contributed by atoms with E-state index in [2.05, 4.69) is 44.8 Å². The van der Waals surface area contributed by atoms with Gasteiger partial charge < -0.3 is 10.2 Å². The van der Waals surface area contributed by atoms with Crippen LogP contribution in [0.3, 0.4) is 0 Å². The highest BCUT2D eigenvalue weighted by Gasteiger charge is 2.36. The van der Waals surface area contributed by atoms with Gasteiger partial charge in [0.2, 0.25) is 5.91 Å². The van der Waals surface area contributed by atoms with E-state index in [0.717, 1.165) is 25.9 Å². The Bertz CT molecular complexity index is 261. The fourth-order valence-corrected chi connectivity index (χ4v) is 2.43. The Hall–Kier alpha value is -0.570. The third-order valence-corrected chi connectivity index (χ3v) is 3.59. The van der Waals surface area contributed by atoms with Crippen LogP contribution in [0, 0.1) is 5.92 Å². The maximum atomic E-state index is 12.3. The average molecular weight is 240 g/mol. The highest BCUT2D eigenvalue weighted by molar-refractivity contribution is 5.76. The van der Waals surface area contributed by atoms with E-state index in [0.29, 0.717) is 24.3 Å². The predicted molar refractivity (Wildman–Crippen MR) is 71.9 cm³/mol. The first kappa shape index (κ1) is 14.5. The molecular weight excluding hydrogens is 212 g/mol. The second kappa shape index (κ2) is 5.85. The number of nitrogens with zero attached hydrogens (tertiary/aromatic N) is 1. The molecule has 17 heavy (non-hydrogen) atoms. The monoisotopic (exact) mass is 240 g/mol. The van der Waals surface area contributed by atoms with E-state index in [-0.39, 0.29) is 5.54 Å². The van der Waals surface area contributed by atoms with Gasteiger partial charge in [-0.05, 0) is 26.2 Å². The van der Waals surface area contributed by atoms with Gasteiger partial charge in [-0.25, -0.2) is 0 Å². The van der Waals surface area contributed by atoms with Crippen LogP contribution in [0.15, 0.2) is 0 Å².